The second-order valence-corrected chi connectivity index (χ2v) is 7.83. The molecule has 0 aromatic heterocycles. The SMILES string of the molecule is CC(C)(C)Sc1cccc(S(N)(=O)=O)c1N. The highest BCUT2D eigenvalue weighted by Crippen LogP contribution is 2.37. The van der Waals surface area contributed by atoms with Crippen molar-refractivity contribution in [2.24, 2.45) is 5.14 Å². The molecule has 0 aliphatic rings. The Hall–Kier alpha value is -0.720. The van der Waals surface area contributed by atoms with E-state index < -0.39 is 10.0 Å². The van der Waals surface area contributed by atoms with Gasteiger partial charge >= 0.3 is 0 Å². The number of para-hydroxylation sites is 1. The summed E-state index contributed by atoms with van der Waals surface area (Å²) in [4.78, 5) is 0.723. The first-order valence-electron chi connectivity index (χ1n) is 4.71. The van der Waals surface area contributed by atoms with Gasteiger partial charge in [0.05, 0.1) is 5.69 Å². The van der Waals surface area contributed by atoms with E-state index in [0.717, 1.165) is 4.90 Å². The average molecular weight is 260 g/mol. The van der Waals surface area contributed by atoms with Crippen molar-refractivity contribution >= 4 is 27.5 Å². The lowest BCUT2D eigenvalue weighted by Gasteiger charge is -2.19. The molecule has 0 saturated heterocycles. The maximum atomic E-state index is 11.3. The smallest absolute Gasteiger partial charge is 0.240 e. The lowest BCUT2D eigenvalue weighted by molar-refractivity contribution is 0.598. The van der Waals surface area contributed by atoms with E-state index in [1.54, 1.807) is 12.1 Å². The van der Waals surface area contributed by atoms with E-state index in [0.29, 0.717) is 0 Å². The minimum atomic E-state index is -3.75. The molecule has 4 nitrogen and oxygen atoms in total. The first kappa shape index (κ1) is 13.3. The van der Waals surface area contributed by atoms with Gasteiger partial charge in [-0.2, -0.15) is 0 Å². The summed E-state index contributed by atoms with van der Waals surface area (Å²) < 4.78 is 22.5. The average Bonchev–Trinajstić information content (AvgIpc) is 2.04. The summed E-state index contributed by atoms with van der Waals surface area (Å²) in [6.07, 6.45) is 0. The minimum Gasteiger partial charge on any atom is -0.397 e. The summed E-state index contributed by atoms with van der Waals surface area (Å²) >= 11 is 1.51. The maximum Gasteiger partial charge on any atom is 0.240 e. The fourth-order valence-corrected chi connectivity index (χ4v) is 2.97. The number of hydrogen-bond acceptors (Lipinski definition) is 4. The van der Waals surface area contributed by atoms with Crippen molar-refractivity contribution in [2.45, 2.75) is 35.3 Å². The van der Waals surface area contributed by atoms with Crippen molar-refractivity contribution < 1.29 is 8.42 Å². The van der Waals surface area contributed by atoms with Gasteiger partial charge in [0.2, 0.25) is 10.0 Å². The highest BCUT2D eigenvalue weighted by atomic mass is 32.2. The van der Waals surface area contributed by atoms with Gasteiger partial charge in [-0.1, -0.05) is 26.8 Å². The molecule has 0 heterocycles. The molecule has 0 saturated carbocycles. The molecule has 0 radical (unpaired) electrons. The molecule has 0 spiro atoms. The number of nitrogens with two attached hydrogens (primary N) is 2. The van der Waals surface area contributed by atoms with Crippen LogP contribution in [0.3, 0.4) is 0 Å². The molecule has 90 valence electrons. The number of anilines is 1. The van der Waals surface area contributed by atoms with Gasteiger partial charge in [0.15, 0.2) is 0 Å². The van der Waals surface area contributed by atoms with E-state index in [1.165, 1.54) is 17.8 Å². The third kappa shape index (κ3) is 3.40. The Morgan fingerprint density at radius 2 is 1.81 bits per heavy atom. The highest BCUT2D eigenvalue weighted by Gasteiger charge is 2.19. The van der Waals surface area contributed by atoms with Crippen LogP contribution in [0.5, 0.6) is 0 Å². The van der Waals surface area contributed by atoms with E-state index in [9.17, 15) is 8.42 Å². The Morgan fingerprint density at radius 3 is 2.25 bits per heavy atom. The monoisotopic (exact) mass is 260 g/mol. The molecule has 4 N–H and O–H groups in total. The Labute approximate surface area is 100 Å². The fraction of sp³-hybridized carbons (Fsp3) is 0.400. The van der Waals surface area contributed by atoms with Crippen LogP contribution in [0.4, 0.5) is 5.69 Å². The van der Waals surface area contributed by atoms with Gasteiger partial charge in [-0.15, -0.1) is 11.8 Å². The van der Waals surface area contributed by atoms with Crippen LogP contribution in [0.15, 0.2) is 28.0 Å². The molecule has 0 amide bonds. The second kappa shape index (κ2) is 4.27. The van der Waals surface area contributed by atoms with Crippen LogP contribution >= 0.6 is 11.8 Å². The molecule has 0 aliphatic heterocycles. The Balaban J connectivity index is 3.25. The van der Waals surface area contributed by atoms with Crippen LogP contribution in [-0.2, 0) is 10.0 Å². The third-order valence-corrected chi connectivity index (χ3v) is 3.91. The summed E-state index contributed by atoms with van der Waals surface area (Å²) in [7, 11) is -3.75. The van der Waals surface area contributed by atoms with Crippen molar-refractivity contribution in [1.29, 1.82) is 0 Å². The van der Waals surface area contributed by atoms with Gasteiger partial charge in [0, 0.05) is 9.64 Å². The molecular formula is C10H16N2O2S2. The van der Waals surface area contributed by atoms with Gasteiger partial charge in [0.1, 0.15) is 4.90 Å². The van der Waals surface area contributed by atoms with Crippen molar-refractivity contribution in [1.82, 2.24) is 0 Å². The number of primary sulfonamides is 1. The molecule has 0 bridgehead atoms. The molecular weight excluding hydrogens is 244 g/mol. The van der Waals surface area contributed by atoms with Gasteiger partial charge in [-0.3, -0.25) is 0 Å². The van der Waals surface area contributed by atoms with E-state index in [4.69, 9.17) is 10.9 Å². The number of hydrogen-bond donors (Lipinski definition) is 2. The normalized spacial score (nSPS) is 12.8. The summed E-state index contributed by atoms with van der Waals surface area (Å²) in [5.41, 5.74) is 6.02. The first-order valence-corrected chi connectivity index (χ1v) is 7.08. The number of rotatable bonds is 2. The summed E-state index contributed by atoms with van der Waals surface area (Å²) in [6, 6.07) is 4.85. The maximum absolute atomic E-state index is 11.3. The van der Waals surface area contributed by atoms with E-state index in [2.05, 4.69) is 0 Å². The number of nitrogen functional groups attached to an aromatic ring is 1. The molecule has 0 fully saturated rings. The van der Waals surface area contributed by atoms with Crippen LogP contribution in [0.2, 0.25) is 0 Å². The first-order chi connectivity index (χ1) is 7.11. The number of sulfonamides is 1. The Morgan fingerprint density at radius 1 is 1.25 bits per heavy atom. The zero-order chi connectivity index (χ0) is 12.6. The number of thioether (sulfide) groups is 1. The molecule has 1 rings (SSSR count). The standard InChI is InChI=1S/C10H16N2O2S2/c1-10(2,3)15-7-5-4-6-8(9(7)11)16(12,13)14/h4-6H,11H2,1-3H3,(H2,12,13,14). The highest BCUT2D eigenvalue weighted by molar-refractivity contribution is 8.00. The largest absolute Gasteiger partial charge is 0.397 e. The van der Waals surface area contributed by atoms with Gasteiger partial charge in [0.25, 0.3) is 0 Å². The van der Waals surface area contributed by atoms with Crippen LogP contribution in [0, 0.1) is 0 Å². The predicted octanol–water partition coefficient (Wildman–Crippen LogP) is 1.81. The topological polar surface area (TPSA) is 86.2 Å². The zero-order valence-corrected chi connectivity index (χ0v) is 11.2. The van der Waals surface area contributed by atoms with Crippen LogP contribution in [-0.4, -0.2) is 13.2 Å². The zero-order valence-electron chi connectivity index (χ0n) is 9.52. The molecule has 0 unspecified atom stereocenters. The third-order valence-electron chi connectivity index (χ3n) is 1.75. The number of benzene rings is 1. The van der Waals surface area contributed by atoms with Crippen molar-refractivity contribution in [2.75, 3.05) is 5.73 Å². The van der Waals surface area contributed by atoms with Gasteiger partial charge < -0.3 is 5.73 Å². The lowest BCUT2D eigenvalue weighted by Crippen LogP contribution is -2.15. The van der Waals surface area contributed by atoms with Crippen LogP contribution in [0.25, 0.3) is 0 Å². The van der Waals surface area contributed by atoms with Gasteiger partial charge in [-0.05, 0) is 12.1 Å². The molecule has 0 aliphatic carbocycles. The Bertz CT molecular complexity index is 490. The van der Waals surface area contributed by atoms with Crippen molar-refractivity contribution in [3.63, 3.8) is 0 Å². The summed E-state index contributed by atoms with van der Waals surface area (Å²) in [5, 5.41) is 5.07. The van der Waals surface area contributed by atoms with E-state index in [1.807, 2.05) is 20.8 Å². The summed E-state index contributed by atoms with van der Waals surface area (Å²) in [5.74, 6) is 0. The minimum absolute atomic E-state index is 0.0123. The van der Waals surface area contributed by atoms with Gasteiger partial charge in [-0.25, -0.2) is 13.6 Å². The van der Waals surface area contributed by atoms with E-state index in [-0.39, 0.29) is 15.3 Å². The summed E-state index contributed by atoms with van der Waals surface area (Å²) in [6.45, 7) is 6.09. The van der Waals surface area contributed by atoms with Crippen LogP contribution < -0.4 is 10.9 Å². The molecule has 1 aromatic rings. The molecule has 0 atom stereocenters. The van der Waals surface area contributed by atoms with Crippen molar-refractivity contribution in [3.05, 3.63) is 18.2 Å². The fourth-order valence-electron chi connectivity index (χ4n) is 1.19. The Kier molecular flexibility index (Phi) is 3.56. The molecule has 6 heteroatoms. The molecule has 16 heavy (non-hydrogen) atoms. The van der Waals surface area contributed by atoms with E-state index >= 15 is 0 Å². The quantitative estimate of drug-likeness (QED) is 0.627. The predicted molar refractivity (Wildman–Crippen MR) is 67.8 cm³/mol. The molecule has 1 aromatic carbocycles. The lowest BCUT2D eigenvalue weighted by atomic mass is 10.3. The van der Waals surface area contributed by atoms with Crippen LogP contribution in [0.1, 0.15) is 20.8 Å². The van der Waals surface area contributed by atoms with Crippen molar-refractivity contribution in [3.8, 4) is 0 Å². The second-order valence-electron chi connectivity index (χ2n) is 4.43.